The van der Waals surface area contributed by atoms with E-state index >= 15 is 0 Å². The molecule has 0 aromatic heterocycles. The number of nitrogens with zero attached hydrogens (tertiary/aromatic N) is 2. The van der Waals surface area contributed by atoms with Gasteiger partial charge in [0.1, 0.15) is 25.9 Å². The number of fused-ring (bicyclic) bond motifs is 2. The summed E-state index contributed by atoms with van der Waals surface area (Å²) in [7, 11) is -10.2. The summed E-state index contributed by atoms with van der Waals surface area (Å²) >= 11 is 0. The number of nitrogens with two attached hydrogens (primary N) is 1. The van der Waals surface area contributed by atoms with E-state index in [2.05, 4.69) is 10.2 Å². The van der Waals surface area contributed by atoms with Crippen LogP contribution in [0.5, 0.6) is 11.5 Å². The first kappa shape index (κ1) is 43.8. The van der Waals surface area contributed by atoms with Crippen molar-refractivity contribution in [3.8, 4) is 11.5 Å². The molecule has 0 fully saturated rings. The molecule has 0 unspecified atom stereocenters. The molecule has 0 radical (unpaired) electrons. The Labute approximate surface area is 344 Å². The Morgan fingerprint density at radius 2 is 1.34 bits per heavy atom. The number of rotatable bonds is 5. The van der Waals surface area contributed by atoms with Crippen LogP contribution in [-0.2, 0) is 20.2 Å². The molecular formula is C21H10N3Na5O10S2. The number of carbonyl (C=O) groups excluding carboxylic acids is 1. The van der Waals surface area contributed by atoms with Crippen LogP contribution in [0.1, 0.15) is 10.4 Å². The minimum atomic E-state index is -5.11. The van der Waals surface area contributed by atoms with E-state index in [1.54, 1.807) is 0 Å². The molecule has 0 saturated carbocycles. The molecule has 20 heteroatoms. The molecule has 0 aliphatic heterocycles. The first-order valence-electron chi connectivity index (χ1n) is 9.55. The van der Waals surface area contributed by atoms with E-state index in [0.29, 0.717) is 6.07 Å². The van der Waals surface area contributed by atoms with E-state index in [4.69, 9.17) is 5.73 Å². The van der Waals surface area contributed by atoms with Crippen LogP contribution in [0.3, 0.4) is 0 Å². The summed E-state index contributed by atoms with van der Waals surface area (Å²) in [5.74, 6) is -4.07. The minimum Gasteiger partial charge on any atom is -0.872 e. The number of benzene rings is 4. The zero-order valence-electron chi connectivity index (χ0n) is 22.5. The van der Waals surface area contributed by atoms with E-state index in [1.807, 2.05) is 0 Å². The van der Waals surface area contributed by atoms with Gasteiger partial charge in [-0.15, -0.1) is 5.11 Å². The van der Waals surface area contributed by atoms with Gasteiger partial charge in [-0.3, -0.25) is 0 Å². The van der Waals surface area contributed by atoms with Crippen molar-refractivity contribution in [1.29, 1.82) is 0 Å². The van der Waals surface area contributed by atoms with Crippen LogP contribution in [0.15, 0.2) is 68.6 Å². The van der Waals surface area contributed by atoms with Gasteiger partial charge < -0.3 is 35.0 Å². The number of hydrogen-bond donors (Lipinski definition) is 1. The summed E-state index contributed by atoms with van der Waals surface area (Å²) in [6.07, 6.45) is 0. The number of carboxylic acids is 1. The maximum Gasteiger partial charge on any atom is 1.00 e. The van der Waals surface area contributed by atoms with E-state index in [0.717, 1.165) is 30.3 Å². The summed E-state index contributed by atoms with van der Waals surface area (Å²) in [6, 6.07) is 7.79. The Morgan fingerprint density at radius 3 is 1.88 bits per heavy atom. The Bertz CT molecular complexity index is 1870. The smallest absolute Gasteiger partial charge is 0.872 e. The predicted octanol–water partition coefficient (Wildman–Crippen LogP) is -14.7. The van der Waals surface area contributed by atoms with Gasteiger partial charge in [0.2, 0.25) is 0 Å². The number of aromatic carboxylic acids is 1. The minimum absolute atomic E-state index is 0. The summed E-state index contributed by atoms with van der Waals surface area (Å²) in [6.45, 7) is 0. The number of carbonyl (C=O) groups is 1. The topological polar surface area (TPSA) is 251 Å². The van der Waals surface area contributed by atoms with Crippen molar-refractivity contribution in [3.63, 3.8) is 0 Å². The zero-order valence-corrected chi connectivity index (χ0v) is 34.1. The number of nitrogen functional groups attached to an aromatic ring is 1. The fraction of sp³-hybridized carbons (Fsp3) is 0. The molecule has 0 spiro atoms. The van der Waals surface area contributed by atoms with Crippen LogP contribution in [0.2, 0.25) is 0 Å². The van der Waals surface area contributed by atoms with E-state index in [-0.39, 0.29) is 175 Å². The van der Waals surface area contributed by atoms with Crippen molar-refractivity contribution in [2.24, 2.45) is 10.2 Å². The van der Waals surface area contributed by atoms with Crippen molar-refractivity contribution in [2.75, 3.05) is 5.73 Å². The molecule has 0 aliphatic rings. The SMILES string of the molecule is Nc1ccc2c([O-])cc(S(=O)(=O)[O-])cc2c1N=Nc1cc2c(S(=O)(=O)[O-])cccc2c(C(=O)[O-])c1[O-].[Na+].[Na+].[Na+].[Na+].[Na+]. The van der Waals surface area contributed by atoms with Gasteiger partial charge in [0.15, 0.2) is 0 Å². The van der Waals surface area contributed by atoms with Crippen molar-refractivity contribution >= 4 is 64.8 Å². The van der Waals surface area contributed by atoms with Gasteiger partial charge in [-0.05, 0) is 40.6 Å². The largest absolute Gasteiger partial charge is 1.00 e. The Kier molecular flexibility index (Phi) is 18.0. The Balaban J connectivity index is 0. The van der Waals surface area contributed by atoms with Gasteiger partial charge in [0.05, 0.1) is 27.1 Å². The molecule has 0 aliphatic carbocycles. The monoisotopic (exact) mass is 643 g/mol. The van der Waals surface area contributed by atoms with Gasteiger partial charge >= 0.3 is 148 Å². The van der Waals surface area contributed by atoms with Gasteiger partial charge in [-0.1, -0.05) is 35.8 Å². The third kappa shape index (κ3) is 9.36. The van der Waals surface area contributed by atoms with Crippen molar-refractivity contribution in [1.82, 2.24) is 0 Å². The van der Waals surface area contributed by atoms with Crippen LogP contribution in [-0.4, -0.2) is 31.9 Å². The molecule has 4 aromatic carbocycles. The molecule has 13 nitrogen and oxygen atoms in total. The molecule has 0 saturated heterocycles. The van der Waals surface area contributed by atoms with E-state index in [9.17, 15) is 46.1 Å². The van der Waals surface area contributed by atoms with Gasteiger partial charge in [-0.25, -0.2) is 16.8 Å². The molecular weight excluding hydrogens is 633 g/mol. The van der Waals surface area contributed by atoms with E-state index < -0.39 is 64.1 Å². The second-order valence-corrected chi connectivity index (χ2v) is 10.1. The van der Waals surface area contributed by atoms with Crippen LogP contribution >= 0.6 is 0 Å². The van der Waals surface area contributed by atoms with Gasteiger partial charge in [0, 0.05) is 10.8 Å². The molecule has 186 valence electrons. The number of anilines is 1. The number of azo groups is 1. The first-order valence-corrected chi connectivity index (χ1v) is 12.4. The third-order valence-electron chi connectivity index (χ3n) is 5.17. The molecule has 0 bridgehead atoms. The second-order valence-electron chi connectivity index (χ2n) is 7.37. The Hall–Kier alpha value is 0.690. The molecule has 2 N–H and O–H groups in total. The number of carboxylic acid groups (broad SMARTS) is 1. The molecule has 0 amide bonds. The standard InChI is InChI=1S/C21H15N3O10S2.5Na/c22-14-5-4-10-13(6-9(7-16(10)25)35(29,30)31)19(14)24-23-15-8-12-11(18(20(15)26)21(27)28)2-1-3-17(12)36(32,33)34;;;;;/h1-8,25-26H,22H2,(H,27,28)(H,29,30,31)(H,32,33,34);;;;;/q;5*+1/p-5. The molecule has 41 heavy (non-hydrogen) atoms. The molecule has 4 rings (SSSR count). The Morgan fingerprint density at radius 1 is 0.732 bits per heavy atom. The maximum atomic E-state index is 12.8. The van der Waals surface area contributed by atoms with Gasteiger partial charge in [0.25, 0.3) is 0 Å². The van der Waals surface area contributed by atoms with Crippen LogP contribution in [0, 0.1) is 0 Å². The fourth-order valence-electron chi connectivity index (χ4n) is 3.60. The van der Waals surface area contributed by atoms with Gasteiger partial charge in [-0.2, -0.15) is 5.11 Å². The molecule has 0 heterocycles. The third-order valence-corrected chi connectivity index (χ3v) is 6.88. The zero-order chi connectivity index (χ0) is 26.6. The van der Waals surface area contributed by atoms with Crippen LogP contribution < -0.4 is 169 Å². The summed E-state index contributed by atoms with van der Waals surface area (Å²) in [5.41, 5.74) is 3.64. The normalized spacial score (nSPS) is 11.0. The van der Waals surface area contributed by atoms with Crippen molar-refractivity contribution < 1.29 is 194 Å². The van der Waals surface area contributed by atoms with Crippen LogP contribution in [0.4, 0.5) is 17.1 Å². The first-order chi connectivity index (χ1) is 16.7. The predicted molar refractivity (Wildman–Crippen MR) is 116 cm³/mol. The van der Waals surface area contributed by atoms with Crippen molar-refractivity contribution in [3.05, 3.63) is 54.1 Å². The average molecular weight is 643 g/mol. The fourth-order valence-corrected chi connectivity index (χ4v) is 4.79. The summed E-state index contributed by atoms with van der Waals surface area (Å²) < 4.78 is 69.3. The molecule has 0 atom stereocenters. The summed E-state index contributed by atoms with van der Waals surface area (Å²) in [5, 5.41) is 43.0. The maximum absolute atomic E-state index is 12.8. The molecule has 4 aromatic rings. The summed E-state index contributed by atoms with van der Waals surface area (Å²) in [4.78, 5) is 9.97. The van der Waals surface area contributed by atoms with Crippen molar-refractivity contribution in [2.45, 2.75) is 9.79 Å². The number of hydrogen-bond acceptors (Lipinski definition) is 13. The quantitative estimate of drug-likeness (QED) is 0.0925. The van der Waals surface area contributed by atoms with E-state index in [1.165, 1.54) is 12.1 Å². The second kappa shape index (κ2) is 16.8. The average Bonchev–Trinajstić information content (AvgIpc) is 2.76. The van der Waals surface area contributed by atoms with Crippen LogP contribution in [0.25, 0.3) is 21.5 Å².